The number of rotatable bonds is 6. The first kappa shape index (κ1) is 12.0. The van der Waals surface area contributed by atoms with Gasteiger partial charge in [0.1, 0.15) is 0 Å². The Kier molecular flexibility index (Phi) is 5.18. The highest BCUT2D eigenvalue weighted by molar-refractivity contribution is 5.77. The predicted molar refractivity (Wildman–Crippen MR) is 60.8 cm³/mol. The molecule has 1 aliphatic heterocycles. The molecular formula is C11H20N2O2. The molecule has 15 heavy (non-hydrogen) atoms. The van der Waals surface area contributed by atoms with Crippen molar-refractivity contribution in [1.29, 1.82) is 0 Å². The van der Waals surface area contributed by atoms with Crippen LogP contribution in [0.25, 0.3) is 0 Å². The molecule has 0 saturated heterocycles. The highest BCUT2D eigenvalue weighted by Crippen LogP contribution is 2.15. The summed E-state index contributed by atoms with van der Waals surface area (Å²) in [5.74, 6) is 0.704. The van der Waals surface area contributed by atoms with Gasteiger partial charge in [-0.05, 0) is 13.5 Å². The lowest BCUT2D eigenvalue weighted by molar-refractivity contribution is 0.0691. The predicted octanol–water partition coefficient (Wildman–Crippen LogP) is 1.68. The Morgan fingerprint density at radius 2 is 2.60 bits per heavy atom. The molecule has 4 nitrogen and oxygen atoms in total. The van der Waals surface area contributed by atoms with Crippen molar-refractivity contribution < 1.29 is 9.57 Å². The zero-order chi connectivity index (χ0) is 11.1. The molecule has 2 atom stereocenters. The van der Waals surface area contributed by atoms with Gasteiger partial charge in [-0.15, -0.1) is 6.58 Å². The number of likely N-dealkylation sites (N-methyl/N-ethyl adjacent to an activating group) is 1. The lowest BCUT2D eigenvalue weighted by Gasteiger charge is -2.16. The molecule has 1 rings (SSSR count). The molecule has 4 heteroatoms. The van der Waals surface area contributed by atoms with E-state index in [0.29, 0.717) is 5.90 Å². The van der Waals surface area contributed by atoms with Gasteiger partial charge in [-0.2, -0.15) is 0 Å². The van der Waals surface area contributed by atoms with E-state index in [-0.39, 0.29) is 12.1 Å². The minimum atomic E-state index is 0.0177. The van der Waals surface area contributed by atoms with E-state index in [4.69, 9.17) is 9.57 Å². The third kappa shape index (κ3) is 3.55. The van der Waals surface area contributed by atoms with Crippen molar-refractivity contribution in [2.45, 2.75) is 38.3 Å². The fourth-order valence-electron chi connectivity index (χ4n) is 1.44. The summed E-state index contributed by atoms with van der Waals surface area (Å²) in [7, 11) is 1.88. The van der Waals surface area contributed by atoms with Gasteiger partial charge in [0.2, 0.25) is 5.90 Å². The van der Waals surface area contributed by atoms with Gasteiger partial charge in [0.25, 0.3) is 0 Å². The summed E-state index contributed by atoms with van der Waals surface area (Å²) in [5.41, 5.74) is 0. The van der Waals surface area contributed by atoms with Gasteiger partial charge in [-0.25, -0.2) is 0 Å². The van der Waals surface area contributed by atoms with E-state index in [0.717, 1.165) is 25.9 Å². The third-order valence-corrected chi connectivity index (χ3v) is 2.42. The third-order valence-electron chi connectivity index (χ3n) is 2.42. The number of hydrogen-bond acceptors (Lipinski definition) is 4. The molecule has 0 fully saturated rings. The molecule has 0 radical (unpaired) electrons. The van der Waals surface area contributed by atoms with Crippen molar-refractivity contribution in [2.75, 3.05) is 13.7 Å². The van der Waals surface area contributed by atoms with Crippen molar-refractivity contribution >= 4 is 5.90 Å². The van der Waals surface area contributed by atoms with Gasteiger partial charge in [0.15, 0.2) is 6.10 Å². The first-order valence-corrected chi connectivity index (χ1v) is 5.47. The van der Waals surface area contributed by atoms with Crippen LogP contribution in [0.3, 0.4) is 0 Å². The maximum Gasteiger partial charge on any atom is 0.229 e. The number of hydrogen-bond donors (Lipinski definition) is 1. The Morgan fingerprint density at radius 1 is 1.80 bits per heavy atom. The van der Waals surface area contributed by atoms with Gasteiger partial charge >= 0.3 is 0 Å². The number of unbranched alkanes of at least 4 members (excludes halogenated alkanes) is 1. The highest BCUT2D eigenvalue weighted by atomic mass is 16.7. The molecule has 0 aliphatic carbocycles. The monoisotopic (exact) mass is 212 g/mol. The summed E-state index contributed by atoms with van der Waals surface area (Å²) in [5, 5.41) is 7.02. The van der Waals surface area contributed by atoms with Crippen LogP contribution in [-0.2, 0) is 9.57 Å². The maximum absolute atomic E-state index is 5.48. The Balaban J connectivity index is 2.27. The lowest BCUT2D eigenvalue weighted by atomic mass is 10.1. The fourth-order valence-corrected chi connectivity index (χ4v) is 1.44. The van der Waals surface area contributed by atoms with E-state index in [9.17, 15) is 0 Å². The summed E-state index contributed by atoms with van der Waals surface area (Å²) in [4.78, 5) is 5.27. The van der Waals surface area contributed by atoms with Crippen LogP contribution in [0.1, 0.15) is 26.2 Å². The van der Waals surface area contributed by atoms with E-state index in [1.54, 1.807) is 0 Å². The summed E-state index contributed by atoms with van der Waals surface area (Å²) in [6.07, 6.45) is 4.75. The largest absolute Gasteiger partial charge is 0.479 e. The van der Waals surface area contributed by atoms with E-state index in [1.807, 2.05) is 13.1 Å². The molecule has 0 saturated carbocycles. The zero-order valence-corrected chi connectivity index (χ0v) is 9.53. The van der Waals surface area contributed by atoms with Crippen LogP contribution in [0.5, 0.6) is 0 Å². The van der Waals surface area contributed by atoms with Crippen LogP contribution in [0, 0.1) is 0 Å². The molecule has 1 unspecified atom stereocenters. The summed E-state index contributed by atoms with van der Waals surface area (Å²) in [6.45, 7) is 6.60. The molecule has 0 amide bonds. The fraction of sp³-hybridized carbons (Fsp3) is 0.727. The zero-order valence-electron chi connectivity index (χ0n) is 9.53. The van der Waals surface area contributed by atoms with Crippen LogP contribution in [0.2, 0.25) is 0 Å². The second-order valence-corrected chi connectivity index (χ2v) is 3.59. The van der Waals surface area contributed by atoms with E-state index in [1.165, 1.54) is 0 Å². The Morgan fingerprint density at radius 3 is 3.20 bits per heavy atom. The SMILES string of the molecule is C=C[C@H](NC)C1CC(OCCCC)=NO1. The van der Waals surface area contributed by atoms with Crippen LogP contribution >= 0.6 is 0 Å². The van der Waals surface area contributed by atoms with Crippen molar-refractivity contribution in [1.82, 2.24) is 5.32 Å². The van der Waals surface area contributed by atoms with Crippen LogP contribution < -0.4 is 5.32 Å². The molecular weight excluding hydrogens is 192 g/mol. The van der Waals surface area contributed by atoms with Crippen LogP contribution in [0.4, 0.5) is 0 Å². The smallest absolute Gasteiger partial charge is 0.229 e. The first-order chi connectivity index (χ1) is 7.31. The van der Waals surface area contributed by atoms with Crippen LogP contribution in [0.15, 0.2) is 17.8 Å². The normalized spacial score (nSPS) is 21.7. The highest BCUT2D eigenvalue weighted by Gasteiger charge is 2.27. The molecule has 0 bridgehead atoms. The topological polar surface area (TPSA) is 42.8 Å². The van der Waals surface area contributed by atoms with Gasteiger partial charge in [-0.3, -0.25) is 0 Å². The Bertz CT molecular complexity index is 229. The summed E-state index contributed by atoms with van der Waals surface area (Å²) < 4.78 is 5.48. The molecule has 86 valence electrons. The van der Waals surface area contributed by atoms with Crippen LogP contribution in [-0.4, -0.2) is 31.7 Å². The number of nitrogens with one attached hydrogen (secondary N) is 1. The summed E-state index contributed by atoms with van der Waals surface area (Å²) >= 11 is 0. The van der Waals surface area contributed by atoms with E-state index < -0.39 is 0 Å². The van der Waals surface area contributed by atoms with Gasteiger partial charge in [0.05, 0.1) is 19.1 Å². The van der Waals surface area contributed by atoms with Gasteiger partial charge in [0, 0.05) is 0 Å². The molecule has 0 aromatic carbocycles. The van der Waals surface area contributed by atoms with Crippen molar-refractivity contribution in [3.05, 3.63) is 12.7 Å². The standard InChI is InChI=1S/C11H20N2O2/c1-4-6-7-14-11-8-10(15-13-11)9(5-2)12-3/h5,9-10,12H,2,4,6-8H2,1,3H3/t9-,10?/m0/s1. The molecule has 1 aliphatic rings. The average molecular weight is 212 g/mol. The second kappa shape index (κ2) is 6.45. The maximum atomic E-state index is 5.48. The lowest BCUT2D eigenvalue weighted by Crippen LogP contribution is -2.35. The number of ether oxygens (including phenoxy) is 1. The number of oxime groups is 1. The second-order valence-electron chi connectivity index (χ2n) is 3.59. The molecule has 1 N–H and O–H groups in total. The minimum absolute atomic E-state index is 0.0177. The van der Waals surface area contributed by atoms with Crippen molar-refractivity contribution in [2.24, 2.45) is 5.16 Å². The van der Waals surface area contributed by atoms with E-state index in [2.05, 4.69) is 24.0 Å². The number of nitrogens with zero attached hydrogens (tertiary/aromatic N) is 1. The average Bonchev–Trinajstić information content (AvgIpc) is 2.69. The van der Waals surface area contributed by atoms with Gasteiger partial charge in [-0.1, -0.05) is 24.6 Å². The van der Waals surface area contributed by atoms with Crippen molar-refractivity contribution in [3.8, 4) is 0 Å². The molecule has 0 aromatic heterocycles. The summed E-state index contributed by atoms with van der Waals surface area (Å²) in [6, 6.07) is 0.126. The first-order valence-electron chi connectivity index (χ1n) is 5.47. The molecule has 0 spiro atoms. The minimum Gasteiger partial charge on any atom is -0.479 e. The van der Waals surface area contributed by atoms with Crippen molar-refractivity contribution in [3.63, 3.8) is 0 Å². The van der Waals surface area contributed by atoms with Gasteiger partial charge < -0.3 is 14.9 Å². The Hall–Kier alpha value is -1.03. The quantitative estimate of drug-likeness (QED) is 0.538. The molecule has 0 aromatic rings. The Labute approximate surface area is 91.3 Å². The molecule has 1 heterocycles. The van der Waals surface area contributed by atoms with E-state index >= 15 is 0 Å².